The molecule has 1 aromatic carbocycles. The maximum absolute atomic E-state index is 14.7. The molecule has 0 radical (unpaired) electrons. The average Bonchev–Trinajstić information content (AvgIpc) is 3.24. The predicted molar refractivity (Wildman–Crippen MR) is 104 cm³/mol. The first-order valence-electron chi connectivity index (χ1n) is 9.57. The summed E-state index contributed by atoms with van der Waals surface area (Å²) in [7, 11) is 0. The highest BCUT2D eigenvalue weighted by Gasteiger charge is 2.40. The topological polar surface area (TPSA) is 43.1 Å². The highest BCUT2D eigenvalue weighted by molar-refractivity contribution is 6.37. The minimum absolute atomic E-state index is 0.175. The molecule has 160 valence electrons. The van der Waals surface area contributed by atoms with Gasteiger partial charge < -0.3 is 0 Å². The standard InChI is InChI=1S/C21H14ClF5N4/c1-9-20-30-12-6-3-7-13(12)31(20)14-8-28-19(21(25,26)27)17(22)16(14)18(29-9)15-10(23)4-2-5-11(15)24/h2,4-5,8-9H,3,6-7H2,1H3/t9-/m0/s1. The second-order valence-corrected chi connectivity index (χ2v) is 7.86. The molecule has 2 aliphatic rings. The maximum atomic E-state index is 14.7. The Morgan fingerprint density at radius 1 is 1.10 bits per heavy atom. The SMILES string of the molecule is C[C@@H]1N=C(c2c(F)cccc2F)c2c(cnc(C(F)(F)F)c2Cl)-n2c1nc1c2CCC1. The number of benzene rings is 1. The predicted octanol–water partition coefficient (Wildman–Crippen LogP) is 5.62. The highest BCUT2D eigenvalue weighted by Crippen LogP contribution is 2.42. The first kappa shape index (κ1) is 20.1. The van der Waals surface area contributed by atoms with E-state index in [9.17, 15) is 22.0 Å². The van der Waals surface area contributed by atoms with Gasteiger partial charge in [0.25, 0.3) is 0 Å². The second-order valence-electron chi connectivity index (χ2n) is 7.48. The van der Waals surface area contributed by atoms with Crippen LogP contribution in [0.1, 0.15) is 53.4 Å². The van der Waals surface area contributed by atoms with E-state index in [2.05, 4.69) is 15.0 Å². The molecule has 0 saturated carbocycles. The van der Waals surface area contributed by atoms with Crippen molar-refractivity contribution in [2.45, 2.75) is 38.4 Å². The minimum atomic E-state index is -4.86. The Morgan fingerprint density at radius 2 is 1.81 bits per heavy atom. The summed E-state index contributed by atoms with van der Waals surface area (Å²) in [5.74, 6) is -1.44. The van der Waals surface area contributed by atoms with Crippen LogP contribution in [-0.2, 0) is 19.0 Å². The summed E-state index contributed by atoms with van der Waals surface area (Å²) in [6, 6.07) is 2.53. The second kappa shape index (κ2) is 6.85. The van der Waals surface area contributed by atoms with Gasteiger partial charge in [0, 0.05) is 11.3 Å². The van der Waals surface area contributed by atoms with Gasteiger partial charge in [-0.1, -0.05) is 17.7 Å². The fourth-order valence-electron chi connectivity index (χ4n) is 4.25. The summed E-state index contributed by atoms with van der Waals surface area (Å²) in [6.45, 7) is 1.67. The summed E-state index contributed by atoms with van der Waals surface area (Å²) in [5.41, 5.74) is -0.566. The summed E-state index contributed by atoms with van der Waals surface area (Å²) in [6.07, 6.45) is -1.59. The molecule has 3 aromatic rings. The zero-order valence-electron chi connectivity index (χ0n) is 16.1. The molecule has 0 unspecified atom stereocenters. The van der Waals surface area contributed by atoms with Gasteiger partial charge in [0.15, 0.2) is 5.69 Å². The number of fused-ring (bicyclic) bond motifs is 5. The molecule has 1 aliphatic heterocycles. The lowest BCUT2D eigenvalue weighted by atomic mass is 9.99. The van der Waals surface area contributed by atoms with Crippen LogP contribution in [0.4, 0.5) is 22.0 Å². The van der Waals surface area contributed by atoms with Gasteiger partial charge in [0.2, 0.25) is 0 Å². The van der Waals surface area contributed by atoms with Crippen molar-refractivity contribution in [2.24, 2.45) is 4.99 Å². The molecule has 5 rings (SSSR count). The Hall–Kier alpha value is -2.81. The van der Waals surface area contributed by atoms with E-state index >= 15 is 0 Å². The lowest BCUT2D eigenvalue weighted by Gasteiger charge is -2.18. The number of rotatable bonds is 1. The Labute approximate surface area is 178 Å². The van der Waals surface area contributed by atoms with Crippen LogP contribution < -0.4 is 0 Å². The van der Waals surface area contributed by atoms with E-state index in [1.165, 1.54) is 6.07 Å². The van der Waals surface area contributed by atoms with Crippen LogP contribution >= 0.6 is 11.6 Å². The smallest absolute Gasteiger partial charge is 0.296 e. The van der Waals surface area contributed by atoms with Crippen LogP contribution in [0.15, 0.2) is 29.4 Å². The number of aryl methyl sites for hydroxylation is 1. The molecule has 0 fully saturated rings. The Morgan fingerprint density at radius 3 is 2.48 bits per heavy atom. The average molecular weight is 453 g/mol. The third-order valence-corrected chi connectivity index (χ3v) is 5.92. The maximum Gasteiger partial charge on any atom is 0.434 e. The van der Waals surface area contributed by atoms with Crippen molar-refractivity contribution in [3.63, 3.8) is 0 Å². The van der Waals surface area contributed by atoms with Crippen molar-refractivity contribution in [3.05, 3.63) is 75.1 Å². The normalized spacial score (nSPS) is 17.6. The van der Waals surface area contributed by atoms with Crippen molar-refractivity contribution < 1.29 is 22.0 Å². The zero-order valence-corrected chi connectivity index (χ0v) is 16.8. The van der Waals surface area contributed by atoms with Crippen LogP contribution in [0.3, 0.4) is 0 Å². The van der Waals surface area contributed by atoms with E-state index in [4.69, 9.17) is 11.6 Å². The number of halogens is 6. The Kier molecular flexibility index (Phi) is 4.44. The first-order chi connectivity index (χ1) is 14.7. The first-order valence-corrected chi connectivity index (χ1v) is 9.95. The molecule has 0 amide bonds. The number of pyridine rings is 1. The number of hydrogen-bond donors (Lipinski definition) is 0. The van der Waals surface area contributed by atoms with Gasteiger partial charge in [-0.05, 0) is 38.3 Å². The largest absolute Gasteiger partial charge is 0.434 e. The van der Waals surface area contributed by atoms with E-state index in [1.807, 2.05) is 0 Å². The fraction of sp³-hybridized carbons (Fsp3) is 0.286. The van der Waals surface area contributed by atoms with Crippen LogP contribution in [0.2, 0.25) is 5.02 Å². The zero-order chi connectivity index (χ0) is 22.1. The minimum Gasteiger partial charge on any atom is -0.296 e. The van der Waals surface area contributed by atoms with Gasteiger partial charge in [-0.3, -0.25) is 9.56 Å². The molecule has 31 heavy (non-hydrogen) atoms. The Bertz CT molecular complexity index is 1240. The number of hydrogen-bond acceptors (Lipinski definition) is 3. The quantitative estimate of drug-likeness (QED) is 0.450. The molecule has 3 heterocycles. The van der Waals surface area contributed by atoms with Crippen molar-refractivity contribution in [1.82, 2.24) is 14.5 Å². The van der Waals surface area contributed by atoms with Crippen LogP contribution in [-0.4, -0.2) is 20.2 Å². The number of aromatic nitrogens is 3. The summed E-state index contributed by atoms with van der Waals surface area (Å²) >= 11 is 6.22. The van der Waals surface area contributed by atoms with Crippen molar-refractivity contribution in [2.75, 3.05) is 0 Å². The molecule has 0 N–H and O–H groups in total. The monoisotopic (exact) mass is 452 g/mol. The Balaban J connectivity index is 1.91. The van der Waals surface area contributed by atoms with Crippen LogP contribution in [0.5, 0.6) is 0 Å². The third-order valence-electron chi connectivity index (χ3n) is 5.55. The molecule has 10 heteroatoms. The van der Waals surface area contributed by atoms with Gasteiger partial charge in [-0.25, -0.2) is 18.7 Å². The number of aliphatic imine (C=N–C) groups is 1. The van der Waals surface area contributed by atoms with Crippen LogP contribution in [0, 0.1) is 11.6 Å². The summed E-state index contributed by atoms with van der Waals surface area (Å²) < 4.78 is 71.9. The lowest BCUT2D eigenvalue weighted by molar-refractivity contribution is -0.141. The van der Waals surface area contributed by atoms with Gasteiger partial charge in [0.05, 0.1) is 33.9 Å². The number of nitrogens with zero attached hydrogens (tertiary/aromatic N) is 4. The summed E-state index contributed by atoms with van der Waals surface area (Å²) in [4.78, 5) is 12.6. The highest BCUT2D eigenvalue weighted by atomic mass is 35.5. The van der Waals surface area contributed by atoms with E-state index in [0.29, 0.717) is 12.2 Å². The van der Waals surface area contributed by atoms with Crippen molar-refractivity contribution >= 4 is 17.3 Å². The van der Waals surface area contributed by atoms with Gasteiger partial charge in [0.1, 0.15) is 23.5 Å². The molecule has 0 bridgehead atoms. The number of alkyl halides is 3. The molecule has 0 saturated heterocycles. The molecule has 0 spiro atoms. The van der Waals surface area contributed by atoms with E-state index in [0.717, 1.165) is 42.6 Å². The fourth-order valence-corrected chi connectivity index (χ4v) is 4.59. The van der Waals surface area contributed by atoms with E-state index in [-0.39, 0.29) is 17.0 Å². The molecular weight excluding hydrogens is 439 g/mol. The number of imidazole rings is 1. The van der Waals surface area contributed by atoms with E-state index < -0.39 is 40.1 Å². The van der Waals surface area contributed by atoms with Gasteiger partial charge >= 0.3 is 6.18 Å². The van der Waals surface area contributed by atoms with Crippen molar-refractivity contribution in [1.29, 1.82) is 0 Å². The van der Waals surface area contributed by atoms with Crippen molar-refractivity contribution in [3.8, 4) is 5.69 Å². The molecule has 1 aliphatic carbocycles. The molecular formula is C21H14ClF5N4. The van der Waals surface area contributed by atoms with E-state index in [1.54, 1.807) is 11.5 Å². The van der Waals surface area contributed by atoms with Gasteiger partial charge in [-0.2, -0.15) is 13.2 Å². The third kappa shape index (κ3) is 2.97. The molecule has 4 nitrogen and oxygen atoms in total. The van der Waals surface area contributed by atoms with Crippen LogP contribution in [0.25, 0.3) is 5.69 Å². The van der Waals surface area contributed by atoms with Gasteiger partial charge in [-0.15, -0.1) is 0 Å². The molecule has 1 atom stereocenters. The summed E-state index contributed by atoms with van der Waals surface area (Å²) in [5, 5.41) is -0.757. The molecule has 2 aromatic heterocycles. The lowest BCUT2D eigenvalue weighted by Crippen LogP contribution is -2.18.